The van der Waals surface area contributed by atoms with Crippen molar-refractivity contribution in [2.75, 3.05) is 13.1 Å². The molecule has 26 heavy (non-hydrogen) atoms. The third kappa shape index (κ3) is 3.12. The molecule has 0 radical (unpaired) electrons. The number of hydrogen-bond acceptors (Lipinski definition) is 5. The highest BCUT2D eigenvalue weighted by Crippen LogP contribution is 2.26. The van der Waals surface area contributed by atoms with Gasteiger partial charge in [0, 0.05) is 38.4 Å². The van der Waals surface area contributed by atoms with Crippen LogP contribution in [0.2, 0.25) is 0 Å². The van der Waals surface area contributed by atoms with E-state index in [1.165, 1.54) is 0 Å². The summed E-state index contributed by atoms with van der Waals surface area (Å²) >= 11 is 0. The van der Waals surface area contributed by atoms with Crippen LogP contribution in [0.3, 0.4) is 0 Å². The Balaban J connectivity index is 1.34. The number of aromatic nitrogens is 6. The molecule has 136 valence electrons. The molecule has 0 bridgehead atoms. The molecule has 4 rings (SSSR count). The average Bonchev–Trinajstić information content (AvgIpc) is 3.25. The maximum Gasteiger partial charge on any atom is 0.317 e. The molecule has 1 aliphatic heterocycles. The molecule has 4 heterocycles. The van der Waals surface area contributed by atoms with Crippen molar-refractivity contribution in [1.82, 2.24) is 39.6 Å². The van der Waals surface area contributed by atoms with Crippen LogP contribution in [0.25, 0.3) is 5.65 Å². The SMILES string of the molecule is Cc1ccc2nnc(CNC(=O)N3CCC(c4nccn4C)CC3)n2n1. The van der Waals surface area contributed by atoms with Gasteiger partial charge in [0.1, 0.15) is 5.82 Å². The molecule has 0 aromatic carbocycles. The lowest BCUT2D eigenvalue weighted by molar-refractivity contribution is 0.179. The standard InChI is InChI=1S/C17H22N8O/c1-12-3-4-14-20-21-15(25(14)22-12)11-19-17(26)24-8-5-13(6-9-24)16-18-7-10-23(16)2/h3-4,7,10,13H,5-6,8-9,11H2,1-2H3,(H,19,26). The Morgan fingerprint density at radius 3 is 2.81 bits per heavy atom. The maximum absolute atomic E-state index is 12.5. The zero-order chi connectivity index (χ0) is 18.1. The fourth-order valence-electron chi connectivity index (χ4n) is 3.41. The van der Waals surface area contributed by atoms with Gasteiger partial charge >= 0.3 is 6.03 Å². The second-order valence-electron chi connectivity index (χ2n) is 6.68. The number of urea groups is 1. The molecular formula is C17H22N8O. The van der Waals surface area contributed by atoms with Gasteiger partial charge in [0.15, 0.2) is 11.5 Å². The number of carbonyl (C=O) groups is 1. The smallest absolute Gasteiger partial charge is 0.317 e. The summed E-state index contributed by atoms with van der Waals surface area (Å²) in [5.74, 6) is 2.13. The quantitative estimate of drug-likeness (QED) is 0.764. The number of nitrogens with zero attached hydrogens (tertiary/aromatic N) is 7. The molecule has 1 aliphatic rings. The summed E-state index contributed by atoms with van der Waals surface area (Å²) in [4.78, 5) is 18.8. The first-order chi connectivity index (χ1) is 12.6. The van der Waals surface area contributed by atoms with Crippen molar-refractivity contribution >= 4 is 11.7 Å². The summed E-state index contributed by atoms with van der Waals surface area (Å²) in [6, 6.07) is 3.67. The van der Waals surface area contributed by atoms with Crippen molar-refractivity contribution in [3.8, 4) is 0 Å². The Labute approximate surface area is 151 Å². The topological polar surface area (TPSA) is 93.2 Å². The summed E-state index contributed by atoms with van der Waals surface area (Å²) in [5.41, 5.74) is 1.55. The van der Waals surface area contributed by atoms with E-state index in [2.05, 4.69) is 30.2 Å². The van der Waals surface area contributed by atoms with Crippen LogP contribution in [0.15, 0.2) is 24.5 Å². The second kappa shape index (κ2) is 6.74. The molecule has 1 saturated heterocycles. The number of piperidine rings is 1. The molecular weight excluding hydrogens is 332 g/mol. The fraction of sp³-hybridized carbons (Fsp3) is 0.471. The molecule has 9 heteroatoms. The fourth-order valence-corrected chi connectivity index (χ4v) is 3.41. The van der Waals surface area contributed by atoms with Crippen molar-refractivity contribution in [3.05, 3.63) is 41.9 Å². The second-order valence-corrected chi connectivity index (χ2v) is 6.68. The highest BCUT2D eigenvalue weighted by molar-refractivity contribution is 5.74. The first-order valence-corrected chi connectivity index (χ1v) is 8.80. The number of amides is 2. The van der Waals surface area contributed by atoms with E-state index in [9.17, 15) is 4.79 Å². The van der Waals surface area contributed by atoms with E-state index in [-0.39, 0.29) is 6.03 Å². The first-order valence-electron chi connectivity index (χ1n) is 8.80. The van der Waals surface area contributed by atoms with Crippen molar-refractivity contribution in [3.63, 3.8) is 0 Å². The molecule has 0 aliphatic carbocycles. The molecule has 0 atom stereocenters. The molecule has 0 saturated carbocycles. The summed E-state index contributed by atoms with van der Waals surface area (Å²) in [6.45, 7) is 3.66. The van der Waals surface area contributed by atoms with E-state index in [4.69, 9.17) is 0 Å². The van der Waals surface area contributed by atoms with Gasteiger partial charge in [0.25, 0.3) is 0 Å². The predicted molar refractivity (Wildman–Crippen MR) is 94.5 cm³/mol. The van der Waals surface area contributed by atoms with E-state index in [1.807, 2.05) is 43.4 Å². The highest BCUT2D eigenvalue weighted by atomic mass is 16.2. The van der Waals surface area contributed by atoms with Gasteiger partial charge in [-0.25, -0.2) is 9.78 Å². The van der Waals surface area contributed by atoms with Crippen LogP contribution in [0.1, 0.15) is 36.1 Å². The molecule has 0 spiro atoms. The van der Waals surface area contributed by atoms with Crippen molar-refractivity contribution in [2.45, 2.75) is 32.2 Å². The van der Waals surface area contributed by atoms with Crippen LogP contribution in [-0.2, 0) is 13.6 Å². The van der Waals surface area contributed by atoms with Gasteiger partial charge in [-0.05, 0) is 31.9 Å². The Morgan fingerprint density at radius 2 is 2.08 bits per heavy atom. The monoisotopic (exact) mass is 354 g/mol. The van der Waals surface area contributed by atoms with E-state index in [0.717, 1.165) is 37.4 Å². The lowest BCUT2D eigenvalue weighted by Crippen LogP contribution is -2.44. The number of hydrogen-bond donors (Lipinski definition) is 1. The van der Waals surface area contributed by atoms with Gasteiger partial charge in [-0.3, -0.25) is 0 Å². The van der Waals surface area contributed by atoms with Crippen LogP contribution in [0.5, 0.6) is 0 Å². The number of fused-ring (bicyclic) bond motifs is 1. The first kappa shape index (κ1) is 16.5. The number of rotatable bonds is 3. The third-order valence-electron chi connectivity index (χ3n) is 4.86. The summed E-state index contributed by atoms with van der Waals surface area (Å²) in [5, 5.41) is 15.5. The van der Waals surface area contributed by atoms with Crippen LogP contribution >= 0.6 is 0 Å². The largest absolute Gasteiger partial charge is 0.338 e. The number of imidazole rings is 1. The van der Waals surface area contributed by atoms with Gasteiger partial charge in [0.05, 0.1) is 12.2 Å². The van der Waals surface area contributed by atoms with Gasteiger partial charge in [-0.2, -0.15) is 9.61 Å². The summed E-state index contributed by atoms with van der Waals surface area (Å²) in [6.07, 6.45) is 5.64. The normalized spacial score (nSPS) is 15.5. The average molecular weight is 354 g/mol. The van der Waals surface area contributed by atoms with Crippen LogP contribution in [0, 0.1) is 6.92 Å². The highest BCUT2D eigenvalue weighted by Gasteiger charge is 2.26. The molecule has 3 aromatic heterocycles. The van der Waals surface area contributed by atoms with Crippen molar-refractivity contribution < 1.29 is 4.79 Å². The lowest BCUT2D eigenvalue weighted by Gasteiger charge is -2.31. The third-order valence-corrected chi connectivity index (χ3v) is 4.86. The van der Waals surface area contributed by atoms with Crippen LogP contribution < -0.4 is 5.32 Å². The molecule has 2 amide bonds. The summed E-state index contributed by atoms with van der Waals surface area (Å²) in [7, 11) is 2.01. The van der Waals surface area contributed by atoms with E-state index >= 15 is 0 Å². The Morgan fingerprint density at radius 1 is 1.27 bits per heavy atom. The zero-order valence-corrected chi connectivity index (χ0v) is 15.0. The predicted octanol–water partition coefficient (Wildman–Crippen LogP) is 1.26. The number of aryl methyl sites for hydroxylation is 2. The Bertz CT molecular complexity index is 922. The van der Waals surface area contributed by atoms with E-state index < -0.39 is 0 Å². The molecule has 1 N–H and O–H groups in total. The van der Waals surface area contributed by atoms with Crippen LogP contribution in [0.4, 0.5) is 4.79 Å². The maximum atomic E-state index is 12.5. The summed E-state index contributed by atoms with van der Waals surface area (Å²) < 4.78 is 3.73. The lowest BCUT2D eigenvalue weighted by atomic mass is 9.96. The number of carbonyl (C=O) groups excluding carboxylic acids is 1. The molecule has 0 unspecified atom stereocenters. The van der Waals surface area contributed by atoms with Gasteiger partial charge in [-0.1, -0.05) is 0 Å². The number of likely N-dealkylation sites (tertiary alicyclic amines) is 1. The minimum atomic E-state index is -0.0762. The minimum Gasteiger partial charge on any atom is -0.338 e. The Hall–Kier alpha value is -2.97. The van der Waals surface area contributed by atoms with Crippen molar-refractivity contribution in [2.24, 2.45) is 7.05 Å². The van der Waals surface area contributed by atoms with Gasteiger partial charge < -0.3 is 14.8 Å². The number of nitrogens with one attached hydrogen (secondary N) is 1. The molecule has 9 nitrogen and oxygen atoms in total. The van der Waals surface area contributed by atoms with Gasteiger partial charge in [-0.15, -0.1) is 10.2 Å². The van der Waals surface area contributed by atoms with E-state index in [0.29, 0.717) is 23.9 Å². The Kier molecular flexibility index (Phi) is 4.27. The van der Waals surface area contributed by atoms with Crippen LogP contribution in [-0.4, -0.2) is 53.4 Å². The molecule has 1 fully saturated rings. The zero-order valence-electron chi connectivity index (χ0n) is 15.0. The minimum absolute atomic E-state index is 0.0762. The van der Waals surface area contributed by atoms with E-state index in [1.54, 1.807) is 4.52 Å². The molecule has 3 aromatic rings. The van der Waals surface area contributed by atoms with Crippen molar-refractivity contribution in [1.29, 1.82) is 0 Å². The van der Waals surface area contributed by atoms with Gasteiger partial charge in [0.2, 0.25) is 0 Å².